The van der Waals surface area contributed by atoms with Crippen LogP contribution in [0.2, 0.25) is 0 Å². The zero-order valence-corrected chi connectivity index (χ0v) is 12.7. The normalized spacial score (nSPS) is 19.5. The Kier molecular flexibility index (Phi) is 4.39. The Morgan fingerprint density at radius 1 is 1.57 bits per heavy atom. The number of aryl methyl sites for hydroxylation is 1. The fraction of sp³-hybridized carbons (Fsp3) is 0.667. The summed E-state index contributed by atoms with van der Waals surface area (Å²) in [5.74, 6) is 0.314. The lowest BCUT2D eigenvalue weighted by Crippen LogP contribution is -2.39. The Morgan fingerprint density at radius 2 is 2.29 bits per heavy atom. The summed E-state index contributed by atoms with van der Waals surface area (Å²) in [4.78, 5) is 1.72. The molecule has 1 fully saturated rings. The minimum atomic E-state index is -3.55. The van der Waals surface area contributed by atoms with E-state index in [1.54, 1.807) is 4.90 Å². The quantitative estimate of drug-likeness (QED) is 0.784. The van der Waals surface area contributed by atoms with E-state index in [0.717, 1.165) is 12.7 Å². The fourth-order valence-corrected chi connectivity index (χ4v) is 3.47. The number of nitrogens with two attached hydrogens (primary N) is 1. The Morgan fingerprint density at radius 3 is 2.86 bits per heavy atom. The van der Waals surface area contributed by atoms with E-state index in [-0.39, 0.29) is 29.5 Å². The molecule has 2 rings (SSSR count). The average molecular weight is 313 g/mol. The van der Waals surface area contributed by atoms with Gasteiger partial charge in [0.2, 0.25) is 0 Å². The van der Waals surface area contributed by atoms with Gasteiger partial charge in [-0.25, -0.2) is 13.1 Å². The maximum Gasteiger partial charge on any atom is 0.182 e. The molecular weight excluding hydrogens is 294 g/mol. The highest BCUT2D eigenvalue weighted by molar-refractivity contribution is 7.91. The molecule has 0 aromatic carbocycles. The molecular formula is C12H19N5O3S. The molecule has 116 valence electrons. The number of nitrogens with zero attached hydrogens (tertiary/aromatic N) is 4. The maximum atomic E-state index is 12.0. The van der Waals surface area contributed by atoms with E-state index >= 15 is 0 Å². The molecule has 1 aromatic rings. The number of rotatable bonds is 4. The van der Waals surface area contributed by atoms with Crippen LogP contribution in [0.3, 0.4) is 0 Å². The van der Waals surface area contributed by atoms with Crippen LogP contribution < -0.4 is 10.6 Å². The monoisotopic (exact) mass is 313 g/mol. The number of sulfone groups is 1. The van der Waals surface area contributed by atoms with Crippen LogP contribution >= 0.6 is 0 Å². The number of β-amino-alcohol motifs (C(OH)–C–C–N with tert-alkyl or cyclic N) is 1. The molecule has 1 aromatic heterocycles. The molecule has 2 heterocycles. The van der Waals surface area contributed by atoms with Crippen molar-refractivity contribution in [3.05, 3.63) is 0 Å². The van der Waals surface area contributed by atoms with Crippen molar-refractivity contribution in [3.8, 4) is 6.07 Å². The van der Waals surface area contributed by atoms with Crippen LogP contribution in [0.25, 0.3) is 0 Å². The lowest BCUT2D eigenvalue weighted by Gasteiger charge is -2.30. The summed E-state index contributed by atoms with van der Waals surface area (Å²) in [6.45, 7) is 1.19. The number of hydrogen-bond donors (Lipinski definition) is 2. The van der Waals surface area contributed by atoms with Crippen molar-refractivity contribution >= 4 is 21.5 Å². The molecule has 3 N–H and O–H groups in total. The van der Waals surface area contributed by atoms with E-state index < -0.39 is 15.9 Å². The van der Waals surface area contributed by atoms with Gasteiger partial charge in [-0.2, -0.15) is 10.4 Å². The van der Waals surface area contributed by atoms with Crippen LogP contribution in [0.1, 0.15) is 19.3 Å². The Bertz CT molecular complexity index is 661. The van der Waals surface area contributed by atoms with Crippen molar-refractivity contribution in [2.24, 2.45) is 0 Å². The van der Waals surface area contributed by atoms with Crippen molar-refractivity contribution in [1.82, 2.24) is 9.78 Å². The number of aliphatic hydroxyl groups is 1. The third-order valence-corrected chi connectivity index (χ3v) is 4.56. The van der Waals surface area contributed by atoms with Gasteiger partial charge in [0.25, 0.3) is 0 Å². The molecule has 1 aliphatic rings. The minimum Gasteiger partial charge on any atom is -0.391 e. The SMILES string of the molecule is CS(=O)(=O)c1c(N2CCCC(O)C2)nn(CCC#N)c1N. The fourth-order valence-electron chi connectivity index (χ4n) is 2.48. The molecule has 0 saturated carbocycles. The summed E-state index contributed by atoms with van der Waals surface area (Å²) in [5.41, 5.74) is 5.90. The Balaban J connectivity index is 2.46. The second-order valence-electron chi connectivity index (χ2n) is 5.18. The predicted molar refractivity (Wildman–Crippen MR) is 77.4 cm³/mol. The number of anilines is 2. The van der Waals surface area contributed by atoms with Gasteiger partial charge in [0, 0.05) is 19.3 Å². The summed E-state index contributed by atoms with van der Waals surface area (Å²) in [6, 6.07) is 1.98. The number of aliphatic hydroxyl groups excluding tert-OH is 1. The van der Waals surface area contributed by atoms with Crippen LogP contribution in [-0.4, -0.2) is 48.8 Å². The summed E-state index contributed by atoms with van der Waals surface area (Å²) in [5, 5.41) is 22.6. The summed E-state index contributed by atoms with van der Waals surface area (Å²) in [7, 11) is -3.55. The smallest absolute Gasteiger partial charge is 0.182 e. The van der Waals surface area contributed by atoms with Gasteiger partial charge in [-0.15, -0.1) is 0 Å². The van der Waals surface area contributed by atoms with E-state index in [9.17, 15) is 13.5 Å². The molecule has 1 unspecified atom stereocenters. The highest BCUT2D eigenvalue weighted by Gasteiger charge is 2.30. The lowest BCUT2D eigenvalue weighted by molar-refractivity contribution is 0.153. The van der Waals surface area contributed by atoms with Gasteiger partial charge in [0.05, 0.1) is 25.1 Å². The molecule has 8 nitrogen and oxygen atoms in total. The lowest BCUT2D eigenvalue weighted by atomic mass is 10.1. The molecule has 21 heavy (non-hydrogen) atoms. The first-order valence-electron chi connectivity index (χ1n) is 6.71. The predicted octanol–water partition coefficient (Wildman–Crippen LogP) is -0.256. The van der Waals surface area contributed by atoms with Gasteiger partial charge < -0.3 is 15.7 Å². The van der Waals surface area contributed by atoms with Crippen LogP contribution in [0.4, 0.5) is 11.6 Å². The number of nitrogen functional groups attached to an aromatic ring is 1. The molecule has 0 spiro atoms. The van der Waals surface area contributed by atoms with Crippen molar-refractivity contribution in [3.63, 3.8) is 0 Å². The van der Waals surface area contributed by atoms with E-state index in [2.05, 4.69) is 5.10 Å². The van der Waals surface area contributed by atoms with Crippen molar-refractivity contribution in [2.45, 2.75) is 36.8 Å². The number of piperidine rings is 1. The second kappa shape index (κ2) is 5.91. The highest BCUT2D eigenvalue weighted by Crippen LogP contribution is 2.31. The van der Waals surface area contributed by atoms with Gasteiger partial charge in [0.15, 0.2) is 20.6 Å². The highest BCUT2D eigenvalue weighted by atomic mass is 32.2. The van der Waals surface area contributed by atoms with Crippen molar-refractivity contribution < 1.29 is 13.5 Å². The van der Waals surface area contributed by atoms with E-state index in [4.69, 9.17) is 11.0 Å². The van der Waals surface area contributed by atoms with Crippen molar-refractivity contribution in [1.29, 1.82) is 5.26 Å². The zero-order chi connectivity index (χ0) is 15.6. The van der Waals surface area contributed by atoms with Gasteiger partial charge in [0.1, 0.15) is 5.82 Å². The standard InChI is InChI=1S/C12H19N5O3S/c1-21(19,20)10-11(14)17(7-3-5-13)15-12(10)16-6-2-4-9(18)8-16/h9,18H,2-4,6-8,14H2,1H3. The zero-order valence-electron chi connectivity index (χ0n) is 11.9. The van der Waals surface area contributed by atoms with E-state index in [1.807, 2.05) is 6.07 Å². The first-order valence-corrected chi connectivity index (χ1v) is 8.60. The van der Waals surface area contributed by atoms with Crippen LogP contribution in [0, 0.1) is 11.3 Å². The molecule has 0 bridgehead atoms. The third-order valence-electron chi connectivity index (χ3n) is 3.43. The largest absolute Gasteiger partial charge is 0.391 e. The molecule has 9 heteroatoms. The molecule has 1 saturated heterocycles. The second-order valence-corrected chi connectivity index (χ2v) is 7.14. The number of hydrogen-bond acceptors (Lipinski definition) is 7. The van der Waals surface area contributed by atoms with E-state index in [0.29, 0.717) is 19.5 Å². The van der Waals surface area contributed by atoms with Crippen LogP contribution in [-0.2, 0) is 16.4 Å². The molecule has 0 aliphatic carbocycles. The molecule has 1 aliphatic heterocycles. The molecule has 0 amide bonds. The summed E-state index contributed by atoms with van der Waals surface area (Å²) in [6.07, 6.45) is 2.22. The van der Waals surface area contributed by atoms with Gasteiger partial charge in [-0.1, -0.05) is 0 Å². The summed E-state index contributed by atoms with van der Waals surface area (Å²) < 4.78 is 25.3. The first-order chi connectivity index (χ1) is 9.84. The molecule has 1 atom stereocenters. The molecule has 0 radical (unpaired) electrons. The van der Waals surface area contributed by atoms with Crippen LogP contribution in [0.15, 0.2) is 4.90 Å². The van der Waals surface area contributed by atoms with Gasteiger partial charge in [-0.3, -0.25) is 0 Å². The third kappa shape index (κ3) is 3.28. The topological polar surface area (TPSA) is 125 Å². The first kappa shape index (κ1) is 15.6. The van der Waals surface area contributed by atoms with Crippen LogP contribution in [0.5, 0.6) is 0 Å². The minimum absolute atomic E-state index is 0.0189. The van der Waals surface area contributed by atoms with Gasteiger partial charge >= 0.3 is 0 Å². The Labute approximate surface area is 123 Å². The number of aromatic nitrogens is 2. The van der Waals surface area contributed by atoms with Gasteiger partial charge in [-0.05, 0) is 12.8 Å². The average Bonchev–Trinajstić information content (AvgIpc) is 2.73. The van der Waals surface area contributed by atoms with Crippen molar-refractivity contribution in [2.75, 3.05) is 30.0 Å². The van der Waals surface area contributed by atoms with E-state index in [1.165, 1.54) is 4.68 Å². The maximum absolute atomic E-state index is 12.0. The summed E-state index contributed by atoms with van der Waals surface area (Å²) >= 11 is 0. The Hall–Kier alpha value is -1.79. The number of nitriles is 1.